The number of hydrogen-bond acceptors (Lipinski definition) is 3. The number of rotatable bonds is 6. The van der Waals surface area contributed by atoms with E-state index in [1.165, 1.54) is 6.42 Å². The summed E-state index contributed by atoms with van der Waals surface area (Å²) in [6.07, 6.45) is 4.78. The van der Waals surface area contributed by atoms with Gasteiger partial charge in [-0.25, -0.2) is 5.43 Å². The van der Waals surface area contributed by atoms with Crippen molar-refractivity contribution in [2.75, 3.05) is 6.61 Å². The lowest BCUT2D eigenvalue weighted by molar-refractivity contribution is -0.122. The van der Waals surface area contributed by atoms with E-state index in [-0.39, 0.29) is 12.0 Å². The van der Waals surface area contributed by atoms with Crippen LogP contribution in [-0.4, -0.2) is 24.3 Å². The highest BCUT2D eigenvalue weighted by molar-refractivity contribution is 6.13. The number of nitrogens with zero attached hydrogens (tertiary/aromatic N) is 1. The molecule has 25 heavy (non-hydrogen) atoms. The van der Waals surface area contributed by atoms with Crippen LogP contribution in [0, 0.1) is 0 Å². The zero-order chi connectivity index (χ0) is 17.3. The lowest BCUT2D eigenvalue weighted by Gasteiger charge is -2.21. The highest BCUT2D eigenvalue weighted by atomic mass is 16.5. The standard InChI is InChI=1S/C21H24N2O2/c24-20(15-14-19-13-7-8-16-25-19)22-23-21(17-9-3-1-4-10-17)18-11-5-2-6-12-18/h1-6,9-12,19H,7-8,13-16H2,(H,22,24). The number of benzene rings is 2. The normalized spacial score (nSPS) is 16.9. The van der Waals surface area contributed by atoms with Crippen molar-refractivity contribution in [1.82, 2.24) is 5.43 Å². The van der Waals surface area contributed by atoms with Crippen LogP contribution >= 0.6 is 0 Å². The maximum atomic E-state index is 12.2. The first-order chi connectivity index (χ1) is 12.3. The average molecular weight is 336 g/mol. The highest BCUT2D eigenvalue weighted by Gasteiger charge is 2.15. The van der Waals surface area contributed by atoms with E-state index >= 15 is 0 Å². The average Bonchev–Trinajstić information content (AvgIpc) is 2.69. The maximum Gasteiger partial charge on any atom is 0.240 e. The van der Waals surface area contributed by atoms with E-state index in [0.29, 0.717) is 6.42 Å². The van der Waals surface area contributed by atoms with Crippen LogP contribution in [-0.2, 0) is 9.53 Å². The van der Waals surface area contributed by atoms with Crippen LogP contribution in [0.4, 0.5) is 0 Å². The minimum Gasteiger partial charge on any atom is -0.378 e. The Morgan fingerprint density at radius 1 is 1.00 bits per heavy atom. The van der Waals surface area contributed by atoms with E-state index < -0.39 is 0 Å². The summed E-state index contributed by atoms with van der Waals surface area (Å²) in [7, 11) is 0. The van der Waals surface area contributed by atoms with E-state index in [2.05, 4.69) is 10.5 Å². The van der Waals surface area contributed by atoms with Crippen molar-refractivity contribution in [3.63, 3.8) is 0 Å². The molecule has 0 aliphatic carbocycles. The van der Waals surface area contributed by atoms with Crippen molar-refractivity contribution >= 4 is 11.6 Å². The van der Waals surface area contributed by atoms with Gasteiger partial charge in [-0.3, -0.25) is 4.79 Å². The molecule has 1 aliphatic heterocycles. The Balaban J connectivity index is 1.65. The fourth-order valence-electron chi connectivity index (χ4n) is 2.99. The number of ether oxygens (including phenoxy) is 1. The first-order valence-electron chi connectivity index (χ1n) is 8.92. The van der Waals surface area contributed by atoms with Gasteiger partial charge in [-0.05, 0) is 25.7 Å². The van der Waals surface area contributed by atoms with Crippen molar-refractivity contribution in [2.45, 2.75) is 38.2 Å². The van der Waals surface area contributed by atoms with Crippen molar-refractivity contribution in [3.05, 3.63) is 71.8 Å². The van der Waals surface area contributed by atoms with Crippen molar-refractivity contribution in [3.8, 4) is 0 Å². The Morgan fingerprint density at radius 2 is 1.64 bits per heavy atom. The third kappa shape index (κ3) is 5.26. The first-order valence-corrected chi connectivity index (χ1v) is 8.92. The molecule has 1 unspecified atom stereocenters. The second-order valence-corrected chi connectivity index (χ2v) is 6.25. The number of hydrogen-bond donors (Lipinski definition) is 1. The summed E-state index contributed by atoms with van der Waals surface area (Å²) in [5.41, 5.74) is 5.43. The quantitative estimate of drug-likeness (QED) is 0.642. The van der Waals surface area contributed by atoms with Crippen LogP contribution < -0.4 is 5.43 Å². The number of amides is 1. The van der Waals surface area contributed by atoms with Crippen LogP contribution in [0.25, 0.3) is 0 Å². The van der Waals surface area contributed by atoms with Crippen LogP contribution in [0.1, 0.15) is 43.2 Å². The Labute approximate surface area is 148 Å². The van der Waals surface area contributed by atoms with Crippen LogP contribution in [0.5, 0.6) is 0 Å². The smallest absolute Gasteiger partial charge is 0.240 e. The van der Waals surface area contributed by atoms with Gasteiger partial charge in [0.2, 0.25) is 5.91 Å². The summed E-state index contributed by atoms with van der Waals surface area (Å²) >= 11 is 0. The molecule has 0 saturated carbocycles. The van der Waals surface area contributed by atoms with E-state index in [0.717, 1.165) is 42.7 Å². The maximum absolute atomic E-state index is 12.2. The zero-order valence-corrected chi connectivity index (χ0v) is 14.4. The minimum atomic E-state index is -0.0708. The molecule has 2 aromatic carbocycles. The molecule has 0 radical (unpaired) electrons. The third-order valence-electron chi connectivity index (χ3n) is 4.35. The molecule has 0 bridgehead atoms. The van der Waals surface area contributed by atoms with Gasteiger partial charge in [-0.2, -0.15) is 5.10 Å². The van der Waals surface area contributed by atoms with Gasteiger partial charge in [-0.1, -0.05) is 60.7 Å². The Morgan fingerprint density at radius 3 is 2.20 bits per heavy atom. The van der Waals surface area contributed by atoms with Gasteiger partial charge in [-0.15, -0.1) is 0 Å². The molecule has 4 nitrogen and oxygen atoms in total. The van der Waals surface area contributed by atoms with Gasteiger partial charge in [0.1, 0.15) is 0 Å². The van der Waals surface area contributed by atoms with Gasteiger partial charge in [0.15, 0.2) is 0 Å². The monoisotopic (exact) mass is 336 g/mol. The second-order valence-electron chi connectivity index (χ2n) is 6.25. The number of nitrogens with one attached hydrogen (secondary N) is 1. The van der Waals surface area contributed by atoms with Gasteiger partial charge in [0.25, 0.3) is 0 Å². The first kappa shape index (κ1) is 17.4. The summed E-state index contributed by atoms with van der Waals surface area (Å²) in [4.78, 5) is 12.2. The van der Waals surface area contributed by atoms with Gasteiger partial charge in [0, 0.05) is 24.2 Å². The molecule has 0 aromatic heterocycles. The molecular weight excluding hydrogens is 312 g/mol. The fraction of sp³-hybridized carbons (Fsp3) is 0.333. The summed E-state index contributed by atoms with van der Waals surface area (Å²) in [5.74, 6) is -0.0708. The van der Waals surface area contributed by atoms with Crippen LogP contribution in [0.2, 0.25) is 0 Å². The summed E-state index contributed by atoms with van der Waals surface area (Å²) in [5, 5.41) is 4.40. The summed E-state index contributed by atoms with van der Waals surface area (Å²) in [6.45, 7) is 0.816. The van der Waals surface area contributed by atoms with Crippen molar-refractivity contribution in [1.29, 1.82) is 0 Å². The fourth-order valence-corrected chi connectivity index (χ4v) is 2.99. The molecular formula is C21H24N2O2. The second kappa shape index (κ2) is 9.14. The van der Waals surface area contributed by atoms with Crippen molar-refractivity contribution in [2.24, 2.45) is 5.10 Å². The predicted octanol–water partition coefficient (Wildman–Crippen LogP) is 3.90. The highest BCUT2D eigenvalue weighted by Crippen LogP contribution is 2.17. The molecule has 4 heteroatoms. The van der Waals surface area contributed by atoms with Crippen molar-refractivity contribution < 1.29 is 9.53 Å². The molecule has 1 saturated heterocycles. The van der Waals surface area contributed by atoms with Gasteiger partial charge in [0.05, 0.1) is 11.8 Å². The Hall–Kier alpha value is -2.46. The molecule has 1 fully saturated rings. The lowest BCUT2D eigenvalue weighted by Crippen LogP contribution is -2.24. The number of hydrazone groups is 1. The lowest BCUT2D eigenvalue weighted by atomic mass is 10.0. The van der Waals surface area contributed by atoms with Crippen LogP contribution in [0.3, 0.4) is 0 Å². The largest absolute Gasteiger partial charge is 0.378 e. The molecule has 1 amide bonds. The molecule has 3 rings (SSSR count). The van der Waals surface area contributed by atoms with E-state index in [1.54, 1.807) is 0 Å². The topological polar surface area (TPSA) is 50.7 Å². The van der Waals surface area contributed by atoms with E-state index in [4.69, 9.17) is 4.74 Å². The van der Waals surface area contributed by atoms with Gasteiger partial charge >= 0.3 is 0 Å². The SMILES string of the molecule is O=C(CCC1CCCCO1)NN=C(c1ccccc1)c1ccccc1. The molecule has 1 heterocycles. The molecule has 1 atom stereocenters. The molecule has 1 aliphatic rings. The van der Waals surface area contributed by atoms with Crippen LogP contribution in [0.15, 0.2) is 65.8 Å². The number of carbonyl (C=O) groups is 1. The van der Waals surface area contributed by atoms with E-state index in [1.807, 2.05) is 60.7 Å². The van der Waals surface area contributed by atoms with E-state index in [9.17, 15) is 4.79 Å². The summed E-state index contributed by atoms with van der Waals surface area (Å²) in [6, 6.07) is 19.8. The summed E-state index contributed by atoms with van der Waals surface area (Å²) < 4.78 is 5.68. The minimum absolute atomic E-state index is 0.0708. The number of carbonyl (C=O) groups excluding carboxylic acids is 1. The molecule has 130 valence electrons. The molecule has 0 spiro atoms. The molecule has 2 aromatic rings. The zero-order valence-electron chi connectivity index (χ0n) is 14.4. The molecule has 1 N–H and O–H groups in total. The van der Waals surface area contributed by atoms with Gasteiger partial charge < -0.3 is 4.74 Å². The third-order valence-corrected chi connectivity index (χ3v) is 4.35. The predicted molar refractivity (Wildman–Crippen MR) is 99.5 cm³/mol. The Kier molecular flexibility index (Phi) is 6.35. The Bertz CT molecular complexity index is 651.